The lowest BCUT2D eigenvalue weighted by Crippen LogP contribution is -1.97. The summed E-state index contributed by atoms with van der Waals surface area (Å²) in [5.41, 5.74) is 1.89. The van der Waals surface area contributed by atoms with Gasteiger partial charge in [-0.15, -0.1) is 22.7 Å². The van der Waals surface area contributed by atoms with Gasteiger partial charge in [0.1, 0.15) is 0 Å². The van der Waals surface area contributed by atoms with Crippen LogP contribution in [-0.2, 0) is 0 Å². The van der Waals surface area contributed by atoms with E-state index in [2.05, 4.69) is 0 Å². The van der Waals surface area contributed by atoms with E-state index in [1.807, 2.05) is 36.7 Å². The predicted molar refractivity (Wildman–Crippen MR) is 61.5 cm³/mol. The highest BCUT2D eigenvalue weighted by Gasteiger charge is 2.13. The maximum atomic E-state index is 12.0. The van der Waals surface area contributed by atoms with E-state index in [1.165, 1.54) is 16.2 Å². The molecule has 0 saturated heterocycles. The van der Waals surface area contributed by atoms with Gasteiger partial charge in [0.2, 0.25) is 5.78 Å². The van der Waals surface area contributed by atoms with Crippen molar-refractivity contribution in [3.63, 3.8) is 0 Å². The summed E-state index contributed by atoms with van der Waals surface area (Å²) < 4.78 is 0. The molecular formula is C11H10OS2. The minimum Gasteiger partial charge on any atom is -0.288 e. The number of thiophene rings is 2. The predicted octanol–water partition coefficient (Wildman–Crippen LogP) is 3.66. The van der Waals surface area contributed by atoms with Crippen molar-refractivity contribution >= 4 is 28.5 Å². The van der Waals surface area contributed by atoms with Gasteiger partial charge < -0.3 is 0 Å². The second kappa shape index (κ2) is 3.67. The molecule has 0 unspecified atom stereocenters. The van der Waals surface area contributed by atoms with E-state index < -0.39 is 0 Å². The fraction of sp³-hybridized carbons (Fsp3) is 0.182. The standard InChI is InChI=1S/C11H10OS2/c1-7-3-4-13-11(7)10(12)9-5-8(2)14-6-9/h3-6H,1-2H3. The van der Waals surface area contributed by atoms with Gasteiger partial charge in [-0.25, -0.2) is 0 Å². The molecule has 72 valence electrons. The first-order chi connectivity index (χ1) is 6.68. The zero-order valence-electron chi connectivity index (χ0n) is 8.03. The van der Waals surface area contributed by atoms with E-state index in [0.29, 0.717) is 0 Å². The third-order valence-corrected chi connectivity index (χ3v) is 3.94. The summed E-state index contributed by atoms with van der Waals surface area (Å²) in [5.74, 6) is 0.154. The number of carbonyl (C=O) groups excluding carboxylic acids is 1. The van der Waals surface area contributed by atoms with Gasteiger partial charge in [0, 0.05) is 15.8 Å². The molecule has 2 rings (SSSR count). The Morgan fingerprint density at radius 2 is 2.07 bits per heavy atom. The Morgan fingerprint density at radius 1 is 1.29 bits per heavy atom. The molecule has 2 aromatic rings. The summed E-state index contributed by atoms with van der Waals surface area (Å²) in [4.78, 5) is 14.0. The Morgan fingerprint density at radius 3 is 2.57 bits per heavy atom. The third-order valence-electron chi connectivity index (χ3n) is 2.06. The summed E-state index contributed by atoms with van der Waals surface area (Å²) >= 11 is 3.14. The number of aryl methyl sites for hydroxylation is 2. The maximum Gasteiger partial charge on any atom is 0.204 e. The Kier molecular flexibility index (Phi) is 2.52. The van der Waals surface area contributed by atoms with Crippen molar-refractivity contribution < 1.29 is 4.79 Å². The molecule has 0 aliphatic rings. The average molecular weight is 222 g/mol. The summed E-state index contributed by atoms with van der Waals surface area (Å²) in [6.07, 6.45) is 0. The highest BCUT2D eigenvalue weighted by atomic mass is 32.1. The van der Waals surface area contributed by atoms with Gasteiger partial charge in [-0.3, -0.25) is 4.79 Å². The zero-order chi connectivity index (χ0) is 10.1. The number of hydrogen-bond donors (Lipinski definition) is 0. The van der Waals surface area contributed by atoms with Gasteiger partial charge in [0.05, 0.1) is 4.88 Å². The monoisotopic (exact) mass is 222 g/mol. The van der Waals surface area contributed by atoms with Crippen molar-refractivity contribution in [2.75, 3.05) is 0 Å². The van der Waals surface area contributed by atoms with Crippen molar-refractivity contribution in [2.24, 2.45) is 0 Å². The molecule has 3 heteroatoms. The molecule has 0 aromatic carbocycles. The minimum atomic E-state index is 0.154. The summed E-state index contributed by atoms with van der Waals surface area (Å²) in [7, 11) is 0. The van der Waals surface area contributed by atoms with Gasteiger partial charge in [0.25, 0.3) is 0 Å². The normalized spacial score (nSPS) is 10.4. The van der Waals surface area contributed by atoms with E-state index in [9.17, 15) is 4.79 Å². The van der Waals surface area contributed by atoms with Crippen LogP contribution in [-0.4, -0.2) is 5.78 Å². The van der Waals surface area contributed by atoms with Crippen LogP contribution in [0.2, 0.25) is 0 Å². The Labute approximate surface area is 91.0 Å². The van der Waals surface area contributed by atoms with E-state index >= 15 is 0 Å². The van der Waals surface area contributed by atoms with Crippen molar-refractivity contribution in [1.82, 2.24) is 0 Å². The van der Waals surface area contributed by atoms with Gasteiger partial charge in [-0.1, -0.05) is 0 Å². The molecule has 2 aromatic heterocycles. The number of carbonyl (C=O) groups is 1. The summed E-state index contributed by atoms with van der Waals surface area (Å²) in [6.45, 7) is 3.99. The number of hydrogen-bond acceptors (Lipinski definition) is 3. The fourth-order valence-corrected chi connectivity index (χ4v) is 2.87. The molecule has 1 nitrogen and oxygen atoms in total. The van der Waals surface area contributed by atoms with Crippen molar-refractivity contribution in [2.45, 2.75) is 13.8 Å². The smallest absolute Gasteiger partial charge is 0.204 e. The van der Waals surface area contributed by atoms with Crippen LogP contribution in [0.5, 0.6) is 0 Å². The molecule has 0 N–H and O–H groups in total. The fourth-order valence-electron chi connectivity index (χ4n) is 1.30. The summed E-state index contributed by atoms with van der Waals surface area (Å²) in [6, 6.07) is 3.93. The molecule has 0 aliphatic heterocycles. The minimum absolute atomic E-state index is 0.154. The van der Waals surface area contributed by atoms with Crippen LogP contribution in [0.25, 0.3) is 0 Å². The van der Waals surface area contributed by atoms with E-state index in [-0.39, 0.29) is 5.78 Å². The Bertz CT molecular complexity index is 465. The van der Waals surface area contributed by atoms with Crippen LogP contribution in [0.3, 0.4) is 0 Å². The first kappa shape index (κ1) is 9.62. The van der Waals surface area contributed by atoms with Gasteiger partial charge in [0.15, 0.2) is 0 Å². The quantitative estimate of drug-likeness (QED) is 0.709. The molecule has 0 bridgehead atoms. The molecule has 0 amide bonds. The summed E-state index contributed by atoms with van der Waals surface area (Å²) in [5, 5.41) is 3.89. The highest BCUT2D eigenvalue weighted by Crippen LogP contribution is 2.22. The van der Waals surface area contributed by atoms with Crippen molar-refractivity contribution in [3.8, 4) is 0 Å². The lowest BCUT2D eigenvalue weighted by molar-refractivity contribution is 0.104. The molecule has 2 heterocycles. The number of rotatable bonds is 2. The van der Waals surface area contributed by atoms with E-state index in [1.54, 1.807) is 11.3 Å². The second-order valence-corrected chi connectivity index (χ2v) is 5.24. The third kappa shape index (κ3) is 1.65. The van der Waals surface area contributed by atoms with Gasteiger partial charge in [-0.2, -0.15) is 0 Å². The molecule has 0 aliphatic carbocycles. The van der Waals surface area contributed by atoms with Crippen LogP contribution in [0.1, 0.15) is 25.7 Å². The van der Waals surface area contributed by atoms with Crippen molar-refractivity contribution in [1.29, 1.82) is 0 Å². The first-order valence-electron chi connectivity index (χ1n) is 4.32. The highest BCUT2D eigenvalue weighted by molar-refractivity contribution is 7.13. The van der Waals surface area contributed by atoms with Crippen LogP contribution < -0.4 is 0 Å². The van der Waals surface area contributed by atoms with Gasteiger partial charge >= 0.3 is 0 Å². The second-order valence-electron chi connectivity index (χ2n) is 3.21. The molecule has 0 saturated carbocycles. The van der Waals surface area contributed by atoms with Crippen LogP contribution in [0.4, 0.5) is 0 Å². The SMILES string of the molecule is Cc1cc(C(=O)c2sccc2C)cs1. The lowest BCUT2D eigenvalue weighted by atomic mass is 10.1. The zero-order valence-corrected chi connectivity index (χ0v) is 9.67. The molecule has 0 atom stereocenters. The van der Waals surface area contributed by atoms with Crippen LogP contribution in [0, 0.1) is 13.8 Å². The molecule has 0 fully saturated rings. The maximum absolute atomic E-state index is 12.0. The molecule has 0 spiro atoms. The van der Waals surface area contributed by atoms with Crippen LogP contribution >= 0.6 is 22.7 Å². The Balaban J connectivity index is 2.38. The number of ketones is 1. The topological polar surface area (TPSA) is 17.1 Å². The Hall–Kier alpha value is -0.930. The molecular weight excluding hydrogens is 212 g/mol. The first-order valence-corrected chi connectivity index (χ1v) is 6.08. The van der Waals surface area contributed by atoms with Crippen molar-refractivity contribution in [3.05, 3.63) is 43.8 Å². The van der Waals surface area contributed by atoms with Gasteiger partial charge in [-0.05, 0) is 36.9 Å². The molecule has 14 heavy (non-hydrogen) atoms. The lowest BCUT2D eigenvalue weighted by Gasteiger charge is -1.95. The largest absolute Gasteiger partial charge is 0.288 e. The van der Waals surface area contributed by atoms with Crippen LogP contribution in [0.15, 0.2) is 22.9 Å². The average Bonchev–Trinajstić information content (AvgIpc) is 2.73. The van der Waals surface area contributed by atoms with E-state index in [0.717, 1.165) is 16.0 Å². The molecule has 0 radical (unpaired) electrons. The van der Waals surface area contributed by atoms with E-state index in [4.69, 9.17) is 0 Å².